The van der Waals surface area contributed by atoms with E-state index in [2.05, 4.69) is 4.98 Å². The molecule has 1 aromatic rings. The first kappa shape index (κ1) is 11.7. The summed E-state index contributed by atoms with van der Waals surface area (Å²) in [4.78, 5) is 3.95. The molecule has 0 fully saturated rings. The number of hydrogen-bond donors (Lipinski definition) is 1. The molecule has 2 N–H and O–H groups in total. The minimum Gasteiger partial charge on any atom is -0.324 e. The van der Waals surface area contributed by atoms with E-state index in [1.165, 1.54) is 0 Å². The normalized spacial score (nSPS) is 12.0. The van der Waals surface area contributed by atoms with Crippen molar-refractivity contribution >= 4 is 24.0 Å². The Balaban J connectivity index is 0.00000121. The zero-order valence-corrected chi connectivity index (χ0v) is 8.62. The summed E-state index contributed by atoms with van der Waals surface area (Å²) >= 11 is 5.67. The standard InChI is InChI=1S/C8H11ClN2.ClH/c1-5-3-8(9)11-4-7(5)6(2)10;/h3-4,6H,10H2,1-2H3;1H/t6-;/m0./s1. The Kier molecular flexibility index (Phi) is 4.53. The van der Waals surface area contributed by atoms with E-state index in [9.17, 15) is 0 Å². The maximum atomic E-state index is 5.68. The molecule has 1 heterocycles. The molecule has 2 nitrogen and oxygen atoms in total. The topological polar surface area (TPSA) is 38.9 Å². The Morgan fingerprint density at radius 1 is 1.58 bits per heavy atom. The molecule has 0 saturated heterocycles. The molecule has 0 spiro atoms. The van der Waals surface area contributed by atoms with E-state index in [0.29, 0.717) is 5.15 Å². The van der Waals surface area contributed by atoms with E-state index in [-0.39, 0.29) is 18.4 Å². The van der Waals surface area contributed by atoms with E-state index >= 15 is 0 Å². The molecule has 0 saturated carbocycles. The lowest BCUT2D eigenvalue weighted by atomic mass is 10.1. The van der Waals surface area contributed by atoms with E-state index in [4.69, 9.17) is 17.3 Å². The zero-order chi connectivity index (χ0) is 8.43. The Labute approximate surface area is 83.5 Å². The van der Waals surface area contributed by atoms with Crippen molar-refractivity contribution in [2.45, 2.75) is 19.9 Å². The molecule has 0 aromatic carbocycles. The van der Waals surface area contributed by atoms with Crippen molar-refractivity contribution in [1.29, 1.82) is 0 Å². The van der Waals surface area contributed by atoms with Crippen molar-refractivity contribution in [3.05, 3.63) is 28.5 Å². The second kappa shape index (κ2) is 4.65. The number of hydrogen-bond acceptors (Lipinski definition) is 2. The average molecular weight is 207 g/mol. The minimum atomic E-state index is 0. The van der Waals surface area contributed by atoms with E-state index in [1.54, 1.807) is 6.20 Å². The molecule has 0 bridgehead atoms. The van der Waals surface area contributed by atoms with Crippen LogP contribution in [0.2, 0.25) is 5.15 Å². The molecule has 0 radical (unpaired) electrons. The smallest absolute Gasteiger partial charge is 0.129 e. The summed E-state index contributed by atoms with van der Waals surface area (Å²) in [6.45, 7) is 3.91. The van der Waals surface area contributed by atoms with Gasteiger partial charge in [0.2, 0.25) is 0 Å². The molecule has 0 aliphatic rings. The molecule has 0 unspecified atom stereocenters. The van der Waals surface area contributed by atoms with Crippen LogP contribution < -0.4 is 5.73 Å². The van der Waals surface area contributed by atoms with Crippen LogP contribution >= 0.6 is 24.0 Å². The lowest BCUT2D eigenvalue weighted by molar-refractivity contribution is 0.803. The van der Waals surface area contributed by atoms with Crippen molar-refractivity contribution in [1.82, 2.24) is 4.98 Å². The maximum absolute atomic E-state index is 5.68. The van der Waals surface area contributed by atoms with Crippen molar-refractivity contribution in [3.63, 3.8) is 0 Å². The number of aryl methyl sites for hydroxylation is 1. The van der Waals surface area contributed by atoms with Gasteiger partial charge in [-0.05, 0) is 31.0 Å². The van der Waals surface area contributed by atoms with Crippen LogP contribution in [-0.4, -0.2) is 4.98 Å². The molecule has 1 atom stereocenters. The summed E-state index contributed by atoms with van der Waals surface area (Å²) in [5.74, 6) is 0. The molecule has 1 rings (SSSR count). The van der Waals surface area contributed by atoms with E-state index in [1.807, 2.05) is 19.9 Å². The van der Waals surface area contributed by atoms with Gasteiger partial charge in [-0.3, -0.25) is 0 Å². The van der Waals surface area contributed by atoms with Crippen LogP contribution in [0.1, 0.15) is 24.1 Å². The molecule has 4 heteroatoms. The summed E-state index contributed by atoms with van der Waals surface area (Å²) in [7, 11) is 0. The maximum Gasteiger partial charge on any atom is 0.129 e. The highest BCUT2D eigenvalue weighted by molar-refractivity contribution is 6.29. The number of halogens is 2. The van der Waals surface area contributed by atoms with Gasteiger partial charge in [0.1, 0.15) is 5.15 Å². The molecule has 0 amide bonds. The highest BCUT2D eigenvalue weighted by atomic mass is 35.5. The van der Waals surface area contributed by atoms with Crippen LogP contribution in [0.5, 0.6) is 0 Å². The summed E-state index contributed by atoms with van der Waals surface area (Å²) < 4.78 is 0. The predicted octanol–water partition coefficient (Wildman–Crippen LogP) is 2.48. The fraction of sp³-hybridized carbons (Fsp3) is 0.375. The van der Waals surface area contributed by atoms with E-state index in [0.717, 1.165) is 11.1 Å². The highest BCUT2D eigenvalue weighted by Gasteiger charge is 2.03. The summed E-state index contributed by atoms with van der Waals surface area (Å²) in [6.07, 6.45) is 1.72. The van der Waals surface area contributed by atoms with Crippen LogP contribution in [0.15, 0.2) is 12.3 Å². The van der Waals surface area contributed by atoms with Gasteiger partial charge >= 0.3 is 0 Å². The third kappa shape index (κ3) is 2.63. The van der Waals surface area contributed by atoms with Gasteiger partial charge < -0.3 is 5.73 Å². The largest absolute Gasteiger partial charge is 0.324 e. The first-order valence-corrected chi connectivity index (χ1v) is 3.86. The van der Waals surface area contributed by atoms with Crippen molar-refractivity contribution in [2.24, 2.45) is 5.73 Å². The van der Waals surface area contributed by atoms with E-state index < -0.39 is 0 Å². The van der Waals surface area contributed by atoms with Crippen LogP contribution in [0.4, 0.5) is 0 Å². The quantitative estimate of drug-likeness (QED) is 0.718. The van der Waals surface area contributed by atoms with Gasteiger partial charge in [0.25, 0.3) is 0 Å². The van der Waals surface area contributed by atoms with Gasteiger partial charge in [-0.15, -0.1) is 12.4 Å². The highest BCUT2D eigenvalue weighted by Crippen LogP contribution is 2.16. The van der Waals surface area contributed by atoms with Gasteiger partial charge in [-0.25, -0.2) is 4.98 Å². The first-order chi connectivity index (χ1) is 5.11. The Morgan fingerprint density at radius 2 is 2.17 bits per heavy atom. The van der Waals surface area contributed by atoms with Crippen LogP contribution in [0.3, 0.4) is 0 Å². The zero-order valence-electron chi connectivity index (χ0n) is 7.04. The molecular formula is C8H12Cl2N2. The molecular weight excluding hydrogens is 195 g/mol. The molecule has 0 aliphatic heterocycles. The SMILES string of the molecule is Cc1cc(Cl)ncc1[C@H](C)N.Cl. The van der Waals surface area contributed by atoms with Crippen molar-refractivity contribution in [2.75, 3.05) is 0 Å². The number of rotatable bonds is 1. The minimum absolute atomic E-state index is 0. The molecule has 1 aromatic heterocycles. The van der Waals surface area contributed by atoms with Gasteiger partial charge in [-0.2, -0.15) is 0 Å². The van der Waals surface area contributed by atoms with Crippen LogP contribution in [0, 0.1) is 6.92 Å². The Bertz CT molecular complexity index is 261. The number of aromatic nitrogens is 1. The van der Waals surface area contributed by atoms with Gasteiger partial charge in [0.05, 0.1) is 0 Å². The Morgan fingerprint density at radius 3 is 2.58 bits per heavy atom. The predicted molar refractivity (Wildman–Crippen MR) is 53.8 cm³/mol. The molecule has 0 aliphatic carbocycles. The first-order valence-electron chi connectivity index (χ1n) is 3.49. The monoisotopic (exact) mass is 206 g/mol. The second-order valence-corrected chi connectivity index (χ2v) is 3.04. The third-order valence-corrected chi connectivity index (χ3v) is 1.82. The molecule has 68 valence electrons. The number of pyridine rings is 1. The fourth-order valence-corrected chi connectivity index (χ4v) is 1.22. The molecule has 12 heavy (non-hydrogen) atoms. The van der Waals surface area contributed by atoms with Gasteiger partial charge in [-0.1, -0.05) is 11.6 Å². The van der Waals surface area contributed by atoms with Gasteiger partial charge in [0.15, 0.2) is 0 Å². The van der Waals surface area contributed by atoms with Crippen LogP contribution in [-0.2, 0) is 0 Å². The lowest BCUT2D eigenvalue weighted by Gasteiger charge is -2.07. The Hall–Kier alpha value is -0.310. The van der Waals surface area contributed by atoms with Crippen molar-refractivity contribution in [3.8, 4) is 0 Å². The van der Waals surface area contributed by atoms with Crippen LogP contribution in [0.25, 0.3) is 0 Å². The summed E-state index contributed by atoms with van der Waals surface area (Å²) in [5.41, 5.74) is 7.83. The van der Waals surface area contributed by atoms with Crippen molar-refractivity contribution < 1.29 is 0 Å². The number of nitrogens with two attached hydrogens (primary N) is 1. The lowest BCUT2D eigenvalue weighted by Crippen LogP contribution is -2.07. The number of nitrogens with zero attached hydrogens (tertiary/aromatic N) is 1. The van der Waals surface area contributed by atoms with Gasteiger partial charge in [0, 0.05) is 12.2 Å². The third-order valence-electron chi connectivity index (χ3n) is 1.61. The average Bonchev–Trinajstić information content (AvgIpc) is 1.85. The summed E-state index contributed by atoms with van der Waals surface area (Å²) in [5, 5.41) is 0.520. The fourth-order valence-electron chi connectivity index (χ4n) is 1.01. The summed E-state index contributed by atoms with van der Waals surface area (Å²) in [6, 6.07) is 1.85. The second-order valence-electron chi connectivity index (χ2n) is 2.65.